The largest absolute Gasteiger partial charge is 0.331 e. The summed E-state index contributed by atoms with van der Waals surface area (Å²) in [7, 11) is 0. The molecule has 0 aliphatic rings. The molecule has 4 heteroatoms. The third-order valence-corrected chi connectivity index (χ3v) is 3.59. The molecule has 4 nitrogen and oxygen atoms in total. The van der Waals surface area contributed by atoms with Gasteiger partial charge in [0.15, 0.2) is 0 Å². The van der Waals surface area contributed by atoms with Gasteiger partial charge in [0, 0.05) is 18.8 Å². The number of benzene rings is 1. The van der Waals surface area contributed by atoms with Crippen LogP contribution in [0.2, 0.25) is 0 Å². The Bertz CT molecular complexity index is 709. The van der Waals surface area contributed by atoms with E-state index in [4.69, 9.17) is 0 Å². The van der Waals surface area contributed by atoms with Crippen LogP contribution in [0.1, 0.15) is 44.2 Å². The van der Waals surface area contributed by atoms with Crippen molar-refractivity contribution in [3.8, 4) is 0 Å². The van der Waals surface area contributed by atoms with Crippen molar-refractivity contribution in [3.05, 3.63) is 68.5 Å². The molecular formula is C17H22N2O2. The Morgan fingerprint density at radius 1 is 1.05 bits per heavy atom. The van der Waals surface area contributed by atoms with Crippen LogP contribution in [0.5, 0.6) is 0 Å². The maximum Gasteiger partial charge on any atom is 0.331 e. The maximum absolute atomic E-state index is 12.3. The molecule has 2 rings (SSSR count). The summed E-state index contributed by atoms with van der Waals surface area (Å²) in [4.78, 5) is 24.2. The highest BCUT2D eigenvalue weighted by atomic mass is 16.2. The topological polar surface area (TPSA) is 44.0 Å². The van der Waals surface area contributed by atoms with Gasteiger partial charge in [-0.1, -0.05) is 45.0 Å². The average molecular weight is 286 g/mol. The Morgan fingerprint density at radius 3 is 2.29 bits per heavy atom. The summed E-state index contributed by atoms with van der Waals surface area (Å²) in [5.74, 6) is 0.472. The molecule has 0 saturated carbocycles. The fourth-order valence-electron chi connectivity index (χ4n) is 2.30. The molecule has 0 fully saturated rings. The highest BCUT2D eigenvalue weighted by Crippen LogP contribution is 2.14. The van der Waals surface area contributed by atoms with Gasteiger partial charge < -0.3 is 4.57 Å². The predicted molar refractivity (Wildman–Crippen MR) is 84.9 cm³/mol. The number of hydrogen-bond donors (Lipinski definition) is 0. The number of rotatable bonds is 5. The third kappa shape index (κ3) is 3.51. The molecule has 0 aliphatic carbocycles. The van der Waals surface area contributed by atoms with Crippen molar-refractivity contribution in [2.45, 2.75) is 46.2 Å². The molecule has 2 aromatic rings. The SMILES string of the molecule is CCCn1ccc(=O)n(Cc2ccc(C(C)C)cc2)c1=O. The zero-order chi connectivity index (χ0) is 15.4. The lowest BCUT2D eigenvalue weighted by Crippen LogP contribution is -2.39. The first-order valence-corrected chi connectivity index (χ1v) is 7.42. The molecule has 21 heavy (non-hydrogen) atoms. The molecule has 1 aromatic heterocycles. The zero-order valence-corrected chi connectivity index (χ0v) is 12.9. The summed E-state index contributed by atoms with van der Waals surface area (Å²) in [6.07, 6.45) is 2.44. The molecule has 0 N–H and O–H groups in total. The van der Waals surface area contributed by atoms with Gasteiger partial charge >= 0.3 is 5.69 Å². The van der Waals surface area contributed by atoms with E-state index >= 15 is 0 Å². The minimum Gasteiger partial charge on any atom is -0.300 e. The van der Waals surface area contributed by atoms with Crippen molar-refractivity contribution in [1.29, 1.82) is 0 Å². The Kier molecular flexibility index (Phi) is 4.78. The second-order valence-electron chi connectivity index (χ2n) is 5.61. The van der Waals surface area contributed by atoms with E-state index in [-0.39, 0.29) is 11.2 Å². The van der Waals surface area contributed by atoms with E-state index in [1.54, 1.807) is 10.8 Å². The molecule has 0 unspecified atom stereocenters. The second kappa shape index (κ2) is 6.57. The molecule has 0 saturated heterocycles. The lowest BCUT2D eigenvalue weighted by molar-refractivity contribution is 0.570. The summed E-state index contributed by atoms with van der Waals surface area (Å²) in [5.41, 5.74) is 1.73. The average Bonchev–Trinajstić information content (AvgIpc) is 2.47. The molecule has 0 aliphatic heterocycles. The summed E-state index contributed by atoms with van der Waals surface area (Å²) >= 11 is 0. The maximum atomic E-state index is 12.3. The second-order valence-corrected chi connectivity index (χ2v) is 5.61. The van der Waals surface area contributed by atoms with Gasteiger partial charge in [-0.05, 0) is 23.5 Å². The molecular weight excluding hydrogens is 264 g/mol. The first-order valence-electron chi connectivity index (χ1n) is 7.42. The minimum absolute atomic E-state index is 0.239. The van der Waals surface area contributed by atoms with Crippen molar-refractivity contribution < 1.29 is 0 Å². The van der Waals surface area contributed by atoms with Gasteiger partial charge in [-0.3, -0.25) is 9.36 Å². The van der Waals surface area contributed by atoms with Crippen LogP contribution in [0.4, 0.5) is 0 Å². The van der Waals surface area contributed by atoms with E-state index in [9.17, 15) is 9.59 Å². The van der Waals surface area contributed by atoms with E-state index in [1.807, 2.05) is 19.1 Å². The molecule has 1 aromatic carbocycles. The van der Waals surface area contributed by atoms with Gasteiger partial charge in [0.05, 0.1) is 6.54 Å². The van der Waals surface area contributed by atoms with Crippen LogP contribution < -0.4 is 11.2 Å². The highest BCUT2D eigenvalue weighted by molar-refractivity contribution is 5.24. The van der Waals surface area contributed by atoms with Gasteiger partial charge in [-0.25, -0.2) is 4.79 Å². The molecule has 0 spiro atoms. The highest BCUT2D eigenvalue weighted by Gasteiger charge is 2.06. The number of hydrogen-bond acceptors (Lipinski definition) is 2. The van der Waals surface area contributed by atoms with Gasteiger partial charge in [0.2, 0.25) is 0 Å². The summed E-state index contributed by atoms with van der Waals surface area (Å²) in [6.45, 7) is 7.23. The van der Waals surface area contributed by atoms with Crippen molar-refractivity contribution in [2.75, 3.05) is 0 Å². The lowest BCUT2D eigenvalue weighted by atomic mass is 10.0. The van der Waals surface area contributed by atoms with Gasteiger partial charge in [-0.15, -0.1) is 0 Å². The van der Waals surface area contributed by atoms with E-state index in [2.05, 4.69) is 26.0 Å². The van der Waals surface area contributed by atoms with Crippen LogP contribution >= 0.6 is 0 Å². The Labute approximate surface area is 124 Å². The Balaban J connectivity index is 2.33. The van der Waals surface area contributed by atoms with Crippen LogP contribution in [0.15, 0.2) is 46.1 Å². The minimum atomic E-state index is -0.250. The fraction of sp³-hybridized carbons (Fsp3) is 0.412. The smallest absolute Gasteiger partial charge is 0.300 e. The standard InChI is InChI=1S/C17H22N2O2/c1-4-10-18-11-9-16(20)19(17(18)21)12-14-5-7-15(8-6-14)13(2)3/h5-9,11,13H,4,10,12H2,1-3H3. The molecule has 0 radical (unpaired) electrons. The molecule has 112 valence electrons. The van der Waals surface area contributed by atoms with Crippen molar-refractivity contribution in [2.24, 2.45) is 0 Å². The van der Waals surface area contributed by atoms with Crippen LogP contribution in [0, 0.1) is 0 Å². The first kappa shape index (κ1) is 15.3. The quantitative estimate of drug-likeness (QED) is 0.848. The monoisotopic (exact) mass is 286 g/mol. The van der Waals surface area contributed by atoms with Crippen LogP contribution in [0.25, 0.3) is 0 Å². The van der Waals surface area contributed by atoms with Crippen LogP contribution in [-0.4, -0.2) is 9.13 Å². The summed E-state index contributed by atoms with van der Waals surface area (Å²) < 4.78 is 2.88. The van der Waals surface area contributed by atoms with Crippen molar-refractivity contribution >= 4 is 0 Å². The molecule has 0 bridgehead atoms. The van der Waals surface area contributed by atoms with Crippen molar-refractivity contribution in [3.63, 3.8) is 0 Å². The summed E-state index contributed by atoms with van der Waals surface area (Å²) in [5, 5.41) is 0. The van der Waals surface area contributed by atoms with E-state index in [1.165, 1.54) is 16.2 Å². The lowest BCUT2D eigenvalue weighted by Gasteiger charge is -2.10. The predicted octanol–water partition coefficient (Wildman–Crippen LogP) is 2.59. The Hall–Kier alpha value is -2.10. The number of aryl methyl sites for hydroxylation is 1. The number of nitrogens with zero attached hydrogens (tertiary/aromatic N) is 2. The molecule has 0 atom stereocenters. The molecule has 0 amide bonds. The molecule has 1 heterocycles. The van der Waals surface area contributed by atoms with E-state index < -0.39 is 0 Å². The Morgan fingerprint density at radius 2 is 1.71 bits per heavy atom. The first-order chi connectivity index (χ1) is 10.0. The number of aromatic nitrogens is 2. The fourth-order valence-corrected chi connectivity index (χ4v) is 2.30. The van der Waals surface area contributed by atoms with Crippen molar-refractivity contribution in [1.82, 2.24) is 9.13 Å². The van der Waals surface area contributed by atoms with E-state index in [0.717, 1.165) is 12.0 Å². The third-order valence-electron chi connectivity index (χ3n) is 3.59. The van der Waals surface area contributed by atoms with Crippen LogP contribution in [-0.2, 0) is 13.1 Å². The van der Waals surface area contributed by atoms with E-state index in [0.29, 0.717) is 19.0 Å². The van der Waals surface area contributed by atoms with Gasteiger partial charge in [0.25, 0.3) is 5.56 Å². The van der Waals surface area contributed by atoms with Gasteiger partial charge in [0.1, 0.15) is 0 Å². The normalized spacial score (nSPS) is 11.0. The zero-order valence-electron chi connectivity index (χ0n) is 12.9. The van der Waals surface area contributed by atoms with Crippen LogP contribution in [0.3, 0.4) is 0 Å². The van der Waals surface area contributed by atoms with Gasteiger partial charge in [-0.2, -0.15) is 0 Å². The summed E-state index contributed by atoms with van der Waals surface area (Å²) in [6, 6.07) is 9.54.